The number of aromatic nitrogens is 1. The van der Waals surface area contributed by atoms with Crippen molar-refractivity contribution in [3.05, 3.63) is 23.5 Å². The number of pyridine rings is 1. The van der Waals surface area contributed by atoms with E-state index in [0.29, 0.717) is 17.5 Å². The van der Waals surface area contributed by atoms with Crippen molar-refractivity contribution in [2.75, 3.05) is 12.8 Å². The number of nitrogens with zero attached hydrogens (tertiary/aromatic N) is 1. The van der Waals surface area contributed by atoms with Crippen LogP contribution < -0.4 is 11.5 Å². The molecule has 0 saturated carbocycles. The number of rotatable bonds is 2. The van der Waals surface area contributed by atoms with Gasteiger partial charge in [0.25, 0.3) is 0 Å². The minimum absolute atomic E-state index is 0.157. The molecule has 0 aromatic carbocycles. The lowest BCUT2D eigenvalue weighted by atomic mass is 10.2. The fourth-order valence-electron chi connectivity index (χ4n) is 0.736. The smallest absolute Gasteiger partial charge is 0.168 e. The van der Waals surface area contributed by atoms with E-state index in [1.54, 1.807) is 0 Å². The Morgan fingerprint density at radius 1 is 1.64 bits per heavy atom. The zero-order chi connectivity index (χ0) is 11.1. The molecule has 0 aliphatic carbocycles. The van der Waals surface area contributed by atoms with Crippen LogP contribution >= 0.6 is 15.9 Å². The molecular weight excluding hydrogens is 248 g/mol. The second-order valence-corrected chi connectivity index (χ2v) is 2.92. The number of anilines is 1. The predicted molar refractivity (Wildman–Crippen MR) is 59.9 cm³/mol. The molecule has 1 heterocycles. The summed E-state index contributed by atoms with van der Waals surface area (Å²) in [4.78, 5) is 14.0. The Morgan fingerprint density at radius 3 is 2.57 bits per heavy atom. The van der Waals surface area contributed by atoms with Crippen molar-refractivity contribution in [1.29, 1.82) is 5.41 Å². The van der Waals surface area contributed by atoms with Gasteiger partial charge < -0.3 is 11.5 Å². The Labute approximate surface area is 90.1 Å². The van der Waals surface area contributed by atoms with Crippen molar-refractivity contribution < 1.29 is 4.79 Å². The lowest BCUT2D eigenvalue weighted by molar-refractivity contribution is 0.111. The van der Waals surface area contributed by atoms with Crippen LogP contribution in [0.25, 0.3) is 0 Å². The number of hydrogen-bond acceptors (Lipinski definition) is 5. The summed E-state index contributed by atoms with van der Waals surface area (Å²) in [5, 5.41) is 7.21. The highest BCUT2D eigenvalue weighted by Gasteiger charge is 2.03. The van der Waals surface area contributed by atoms with E-state index in [2.05, 4.69) is 26.6 Å². The van der Waals surface area contributed by atoms with Crippen molar-refractivity contribution in [3.63, 3.8) is 0 Å². The van der Waals surface area contributed by atoms with E-state index in [-0.39, 0.29) is 10.3 Å². The van der Waals surface area contributed by atoms with E-state index in [1.165, 1.54) is 19.3 Å². The van der Waals surface area contributed by atoms with E-state index in [1.807, 2.05) is 0 Å². The molecule has 5 N–H and O–H groups in total. The van der Waals surface area contributed by atoms with E-state index >= 15 is 0 Å². The molecule has 5 nitrogen and oxygen atoms in total. The summed E-state index contributed by atoms with van der Waals surface area (Å²) >= 11 is 2.95. The van der Waals surface area contributed by atoms with Crippen LogP contribution in [0.5, 0.6) is 0 Å². The van der Waals surface area contributed by atoms with Gasteiger partial charge in [-0.1, -0.05) is 0 Å². The normalized spacial score (nSPS) is 8.50. The van der Waals surface area contributed by atoms with Crippen LogP contribution in [-0.2, 0) is 0 Å². The Bertz CT molecular complexity index is 340. The van der Waals surface area contributed by atoms with E-state index < -0.39 is 0 Å². The number of nitrogens with one attached hydrogen (secondary N) is 1. The van der Waals surface area contributed by atoms with Crippen molar-refractivity contribution in [1.82, 2.24) is 4.98 Å². The molecule has 0 fully saturated rings. The Morgan fingerprint density at radius 2 is 2.21 bits per heavy atom. The summed E-state index contributed by atoms with van der Waals surface area (Å²) < 4.78 is 0.157. The Balaban J connectivity index is 0.000000791. The van der Waals surface area contributed by atoms with Crippen LogP contribution in [0, 0.1) is 5.41 Å². The van der Waals surface area contributed by atoms with Crippen molar-refractivity contribution in [2.24, 2.45) is 5.73 Å². The second-order valence-electron chi connectivity index (χ2n) is 2.13. The SMILES string of the molecule is CN.N=C(Br)c1cnc(C=O)cc1N. The first-order valence-electron chi connectivity index (χ1n) is 3.68. The van der Waals surface area contributed by atoms with Crippen LogP contribution in [0.15, 0.2) is 12.3 Å². The summed E-state index contributed by atoms with van der Waals surface area (Å²) in [5.74, 6) is 0. The molecule has 0 radical (unpaired) electrons. The van der Waals surface area contributed by atoms with Crippen molar-refractivity contribution in [2.45, 2.75) is 0 Å². The predicted octanol–water partition coefficient (Wildman–Crippen LogP) is 0.771. The first-order valence-corrected chi connectivity index (χ1v) is 4.47. The third kappa shape index (κ3) is 3.23. The minimum Gasteiger partial charge on any atom is -0.398 e. The van der Waals surface area contributed by atoms with Gasteiger partial charge >= 0.3 is 0 Å². The van der Waals surface area contributed by atoms with Gasteiger partial charge in [-0.05, 0) is 29.0 Å². The van der Waals surface area contributed by atoms with Crippen LogP contribution in [0.1, 0.15) is 16.1 Å². The third-order valence-electron chi connectivity index (χ3n) is 1.31. The Kier molecular flexibility index (Phi) is 5.66. The number of carbonyl (C=O) groups excluding carboxylic acids is 1. The van der Waals surface area contributed by atoms with Gasteiger partial charge in [-0.15, -0.1) is 0 Å². The van der Waals surface area contributed by atoms with Gasteiger partial charge in [-0.25, -0.2) is 0 Å². The fourth-order valence-corrected chi connectivity index (χ4v) is 1.07. The largest absolute Gasteiger partial charge is 0.398 e. The molecule has 6 heteroatoms. The molecule has 0 bridgehead atoms. The molecule has 0 saturated heterocycles. The van der Waals surface area contributed by atoms with Crippen molar-refractivity contribution in [3.8, 4) is 0 Å². The number of nitrogens with two attached hydrogens (primary N) is 2. The summed E-state index contributed by atoms with van der Waals surface area (Å²) in [6.45, 7) is 0. The molecule has 0 atom stereocenters. The molecular formula is C8H11BrN4O. The lowest BCUT2D eigenvalue weighted by Crippen LogP contribution is -2.00. The molecule has 76 valence electrons. The highest BCUT2D eigenvalue weighted by atomic mass is 79.9. The number of halogens is 1. The van der Waals surface area contributed by atoms with Crippen LogP contribution in [-0.4, -0.2) is 22.9 Å². The first-order chi connectivity index (χ1) is 6.65. The van der Waals surface area contributed by atoms with Gasteiger partial charge in [0, 0.05) is 17.4 Å². The molecule has 1 aromatic rings. The second kappa shape index (κ2) is 6.22. The quantitative estimate of drug-likeness (QED) is 0.538. The van der Waals surface area contributed by atoms with Crippen LogP contribution in [0.2, 0.25) is 0 Å². The average Bonchev–Trinajstić information content (AvgIpc) is 2.20. The van der Waals surface area contributed by atoms with Gasteiger partial charge in [-0.2, -0.15) is 0 Å². The maximum atomic E-state index is 10.3. The van der Waals surface area contributed by atoms with Crippen LogP contribution in [0.3, 0.4) is 0 Å². The highest BCUT2D eigenvalue weighted by molar-refractivity contribution is 9.18. The number of nitrogen functional groups attached to an aromatic ring is 1. The zero-order valence-electron chi connectivity index (χ0n) is 7.62. The molecule has 0 aliphatic rings. The summed E-state index contributed by atoms with van der Waals surface area (Å²) in [5.41, 5.74) is 11.2. The van der Waals surface area contributed by atoms with E-state index in [9.17, 15) is 4.79 Å². The molecule has 0 amide bonds. The zero-order valence-corrected chi connectivity index (χ0v) is 9.21. The monoisotopic (exact) mass is 258 g/mol. The van der Waals surface area contributed by atoms with Gasteiger partial charge in [0.15, 0.2) is 6.29 Å². The average molecular weight is 259 g/mol. The van der Waals surface area contributed by atoms with Gasteiger partial charge in [0.2, 0.25) is 0 Å². The van der Waals surface area contributed by atoms with Crippen LogP contribution in [0.4, 0.5) is 5.69 Å². The third-order valence-corrected chi connectivity index (χ3v) is 1.74. The summed E-state index contributed by atoms with van der Waals surface area (Å²) in [6, 6.07) is 1.43. The maximum Gasteiger partial charge on any atom is 0.168 e. The van der Waals surface area contributed by atoms with Crippen molar-refractivity contribution >= 4 is 32.5 Å². The molecule has 1 rings (SSSR count). The lowest BCUT2D eigenvalue weighted by Gasteiger charge is -2.00. The Hall–Kier alpha value is -1.27. The standard InChI is InChI=1S/C7H6BrN3O.CH5N/c8-7(10)5-2-11-4(3-12)1-6(5)9;1-2/h1-3,10H,(H2,9,11);2H2,1H3. The fraction of sp³-hybridized carbons (Fsp3) is 0.125. The van der Waals surface area contributed by atoms with Gasteiger partial charge in [0.1, 0.15) is 10.3 Å². The maximum absolute atomic E-state index is 10.3. The molecule has 14 heavy (non-hydrogen) atoms. The molecule has 0 aliphatic heterocycles. The van der Waals surface area contributed by atoms with Gasteiger partial charge in [-0.3, -0.25) is 15.2 Å². The summed E-state index contributed by atoms with van der Waals surface area (Å²) in [6.07, 6.45) is 1.99. The topological polar surface area (TPSA) is 106 Å². The minimum atomic E-state index is 0.157. The first kappa shape index (κ1) is 12.7. The van der Waals surface area contributed by atoms with Gasteiger partial charge in [0.05, 0.1) is 0 Å². The highest BCUT2D eigenvalue weighted by Crippen LogP contribution is 2.13. The number of aldehydes is 1. The molecule has 0 spiro atoms. The van der Waals surface area contributed by atoms with E-state index in [0.717, 1.165) is 0 Å². The molecule has 0 unspecified atom stereocenters. The molecule has 1 aromatic heterocycles. The summed E-state index contributed by atoms with van der Waals surface area (Å²) in [7, 11) is 1.50. The van der Waals surface area contributed by atoms with E-state index in [4.69, 9.17) is 11.1 Å². The number of hydrogen-bond donors (Lipinski definition) is 3. The number of carbonyl (C=O) groups is 1.